The van der Waals surface area contributed by atoms with E-state index < -0.39 is 0 Å². The zero-order valence-corrected chi connectivity index (χ0v) is 15.1. The summed E-state index contributed by atoms with van der Waals surface area (Å²) in [6, 6.07) is 0. The fourth-order valence-electron chi connectivity index (χ4n) is 3.97. The van der Waals surface area contributed by atoms with Gasteiger partial charge in [-0.05, 0) is 57.3 Å². The van der Waals surface area contributed by atoms with Crippen LogP contribution in [0.15, 0.2) is 0 Å². The third-order valence-corrected chi connectivity index (χ3v) is 5.50. The van der Waals surface area contributed by atoms with Crippen molar-refractivity contribution in [2.75, 3.05) is 13.1 Å². The lowest BCUT2D eigenvalue weighted by atomic mass is 9.93. The first kappa shape index (κ1) is 16.5. The van der Waals surface area contributed by atoms with E-state index in [1.165, 1.54) is 31.4 Å². The summed E-state index contributed by atoms with van der Waals surface area (Å²) in [4.78, 5) is 14.9. The number of hydrogen-bond donors (Lipinski definition) is 0. The molecule has 1 saturated carbocycles. The quantitative estimate of drug-likeness (QED) is 0.835. The van der Waals surface area contributed by atoms with Gasteiger partial charge in [0.1, 0.15) is 0 Å². The Morgan fingerprint density at radius 1 is 1.22 bits per heavy atom. The predicted molar refractivity (Wildman–Crippen MR) is 92.3 cm³/mol. The molecule has 1 aliphatic heterocycles. The summed E-state index contributed by atoms with van der Waals surface area (Å²) in [5, 5.41) is 4.65. The van der Waals surface area contributed by atoms with Crippen LogP contribution in [0, 0.1) is 31.6 Å². The smallest absolute Gasteiger partial charge is 0.227 e. The van der Waals surface area contributed by atoms with E-state index in [-0.39, 0.29) is 0 Å². The Hall–Kier alpha value is -1.32. The van der Waals surface area contributed by atoms with Crippen LogP contribution >= 0.6 is 0 Å². The summed E-state index contributed by atoms with van der Waals surface area (Å²) in [6.45, 7) is 11.4. The van der Waals surface area contributed by atoms with Crippen molar-refractivity contribution in [1.29, 1.82) is 0 Å². The van der Waals surface area contributed by atoms with Gasteiger partial charge in [0.2, 0.25) is 5.91 Å². The Balaban J connectivity index is 1.66. The molecule has 3 rings (SSSR count). The van der Waals surface area contributed by atoms with Crippen LogP contribution in [0.3, 0.4) is 0 Å². The molecule has 0 radical (unpaired) electrons. The standard InChI is InChI=1S/C19H31N3O/c1-13(2)11-22-15(4)18(14(3)20-22)10-19(23)21-9-5-6-17(12-21)16-7-8-16/h13,16-17H,5-12H2,1-4H3. The molecule has 0 bridgehead atoms. The lowest BCUT2D eigenvalue weighted by Crippen LogP contribution is -2.41. The van der Waals surface area contributed by atoms with Crippen LogP contribution < -0.4 is 0 Å². The van der Waals surface area contributed by atoms with Crippen molar-refractivity contribution in [2.24, 2.45) is 17.8 Å². The van der Waals surface area contributed by atoms with Crippen LogP contribution in [-0.2, 0) is 17.8 Å². The summed E-state index contributed by atoms with van der Waals surface area (Å²) >= 11 is 0. The van der Waals surface area contributed by atoms with Gasteiger partial charge in [-0.3, -0.25) is 9.48 Å². The molecule has 1 unspecified atom stereocenters. The third-order valence-electron chi connectivity index (χ3n) is 5.50. The average Bonchev–Trinajstić information content (AvgIpc) is 3.32. The van der Waals surface area contributed by atoms with E-state index in [2.05, 4.69) is 35.5 Å². The first-order valence-corrected chi connectivity index (χ1v) is 9.26. The second kappa shape index (κ2) is 6.66. The fourth-order valence-corrected chi connectivity index (χ4v) is 3.97. The first-order valence-electron chi connectivity index (χ1n) is 9.26. The number of carbonyl (C=O) groups excluding carboxylic acids is 1. The molecule has 4 nitrogen and oxygen atoms in total. The van der Waals surface area contributed by atoms with Crippen LogP contribution in [0.4, 0.5) is 0 Å². The third kappa shape index (κ3) is 3.78. The van der Waals surface area contributed by atoms with E-state index in [0.29, 0.717) is 18.2 Å². The SMILES string of the molecule is Cc1nn(CC(C)C)c(C)c1CC(=O)N1CCCC(C2CC2)C1. The van der Waals surface area contributed by atoms with Crippen LogP contribution in [0.5, 0.6) is 0 Å². The minimum Gasteiger partial charge on any atom is -0.342 e. The van der Waals surface area contributed by atoms with E-state index in [9.17, 15) is 4.79 Å². The van der Waals surface area contributed by atoms with Crippen molar-refractivity contribution < 1.29 is 4.79 Å². The van der Waals surface area contributed by atoms with Crippen LogP contribution in [0.2, 0.25) is 0 Å². The molecule has 1 amide bonds. The topological polar surface area (TPSA) is 38.1 Å². The van der Waals surface area contributed by atoms with Crippen molar-refractivity contribution in [3.63, 3.8) is 0 Å². The van der Waals surface area contributed by atoms with Crippen LogP contribution in [-0.4, -0.2) is 33.7 Å². The first-order chi connectivity index (χ1) is 11.0. The molecule has 1 saturated heterocycles. The summed E-state index contributed by atoms with van der Waals surface area (Å²) in [5.74, 6) is 2.53. The van der Waals surface area contributed by atoms with Gasteiger partial charge in [0.15, 0.2) is 0 Å². The molecule has 0 aromatic carbocycles. The molecule has 1 atom stereocenters. The normalized spacial score (nSPS) is 22.0. The molecule has 0 N–H and O–H groups in total. The highest BCUT2D eigenvalue weighted by atomic mass is 16.2. The van der Waals surface area contributed by atoms with Crippen LogP contribution in [0.1, 0.15) is 56.5 Å². The number of amides is 1. The van der Waals surface area contributed by atoms with Gasteiger partial charge in [-0.15, -0.1) is 0 Å². The zero-order chi connectivity index (χ0) is 16.6. The predicted octanol–water partition coefficient (Wildman–Crippen LogP) is 3.35. The molecule has 2 aliphatic rings. The largest absolute Gasteiger partial charge is 0.342 e. The van der Waals surface area contributed by atoms with Gasteiger partial charge in [0.05, 0.1) is 12.1 Å². The van der Waals surface area contributed by atoms with E-state index in [4.69, 9.17) is 0 Å². The molecule has 23 heavy (non-hydrogen) atoms. The van der Waals surface area contributed by atoms with E-state index >= 15 is 0 Å². The molecule has 1 aliphatic carbocycles. The molecule has 0 spiro atoms. The maximum absolute atomic E-state index is 12.8. The number of rotatable bonds is 5. The summed E-state index contributed by atoms with van der Waals surface area (Å²) in [5.41, 5.74) is 3.33. The number of aromatic nitrogens is 2. The van der Waals surface area contributed by atoms with E-state index in [0.717, 1.165) is 42.7 Å². The summed E-state index contributed by atoms with van der Waals surface area (Å²) in [7, 11) is 0. The van der Waals surface area contributed by atoms with Gasteiger partial charge < -0.3 is 4.90 Å². The minimum absolute atomic E-state index is 0.297. The number of likely N-dealkylation sites (tertiary alicyclic amines) is 1. The number of aryl methyl sites for hydroxylation is 1. The Morgan fingerprint density at radius 2 is 1.96 bits per heavy atom. The van der Waals surface area contributed by atoms with Gasteiger partial charge in [-0.2, -0.15) is 5.10 Å². The zero-order valence-electron chi connectivity index (χ0n) is 15.1. The Kier molecular flexibility index (Phi) is 4.79. The molecule has 2 heterocycles. The van der Waals surface area contributed by atoms with Crippen molar-refractivity contribution in [1.82, 2.24) is 14.7 Å². The highest BCUT2D eigenvalue weighted by molar-refractivity contribution is 5.79. The van der Waals surface area contributed by atoms with E-state index in [1.807, 2.05) is 6.92 Å². The number of piperidine rings is 1. The van der Waals surface area contributed by atoms with Crippen molar-refractivity contribution in [3.8, 4) is 0 Å². The lowest BCUT2D eigenvalue weighted by Gasteiger charge is -2.33. The molecular weight excluding hydrogens is 286 g/mol. The average molecular weight is 317 g/mol. The van der Waals surface area contributed by atoms with Gasteiger partial charge in [-0.1, -0.05) is 13.8 Å². The fraction of sp³-hybridized carbons (Fsp3) is 0.789. The van der Waals surface area contributed by atoms with Crippen LogP contribution in [0.25, 0.3) is 0 Å². The van der Waals surface area contributed by atoms with Gasteiger partial charge in [0.25, 0.3) is 0 Å². The summed E-state index contributed by atoms with van der Waals surface area (Å²) in [6.07, 6.45) is 5.78. The highest BCUT2D eigenvalue weighted by Gasteiger charge is 2.35. The van der Waals surface area contributed by atoms with Crippen molar-refractivity contribution in [2.45, 2.75) is 66.3 Å². The molecule has 128 valence electrons. The van der Waals surface area contributed by atoms with Gasteiger partial charge in [0, 0.05) is 30.9 Å². The molecule has 2 fully saturated rings. The number of nitrogens with zero attached hydrogens (tertiary/aromatic N) is 3. The Labute approximate surface area is 140 Å². The molecule has 4 heteroatoms. The number of hydrogen-bond acceptors (Lipinski definition) is 2. The Morgan fingerprint density at radius 3 is 2.61 bits per heavy atom. The second-order valence-electron chi connectivity index (χ2n) is 7.98. The highest BCUT2D eigenvalue weighted by Crippen LogP contribution is 2.41. The maximum Gasteiger partial charge on any atom is 0.227 e. The summed E-state index contributed by atoms with van der Waals surface area (Å²) < 4.78 is 2.08. The molecule has 1 aromatic rings. The Bertz CT molecular complexity index is 571. The lowest BCUT2D eigenvalue weighted by molar-refractivity contribution is -0.132. The monoisotopic (exact) mass is 317 g/mol. The number of carbonyl (C=O) groups is 1. The van der Waals surface area contributed by atoms with Crippen molar-refractivity contribution in [3.05, 3.63) is 17.0 Å². The second-order valence-corrected chi connectivity index (χ2v) is 7.98. The van der Waals surface area contributed by atoms with Gasteiger partial charge >= 0.3 is 0 Å². The van der Waals surface area contributed by atoms with E-state index in [1.54, 1.807) is 0 Å². The molecular formula is C19H31N3O. The van der Waals surface area contributed by atoms with Crippen molar-refractivity contribution >= 4 is 5.91 Å². The maximum atomic E-state index is 12.8. The minimum atomic E-state index is 0.297. The van der Waals surface area contributed by atoms with Gasteiger partial charge in [-0.25, -0.2) is 0 Å². The molecule has 1 aromatic heterocycles.